The summed E-state index contributed by atoms with van der Waals surface area (Å²) < 4.78 is 5.47. The molecule has 1 aromatic carbocycles. The van der Waals surface area contributed by atoms with Crippen LogP contribution in [0.3, 0.4) is 0 Å². The number of carbonyl (C=O) groups excluding carboxylic acids is 1. The lowest BCUT2D eigenvalue weighted by Crippen LogP contribution is -2.41. The van der Waals surface area contributed by atoms with Gasteiger partial charge in [-0.25, -0.2) is 9.59 Å². The van der Waals surface area contributed by atoms with E-state index in [0.717, 1.165) is 22.5 Å². The van der Waals surface area contributed by atoms with E-state index in [1.54, 1.807) is 17.2 Å². The van der Waals surface area contributed by atoms with Gasteiger partial charge in [-0.05, 0) is 63.5 Å². The van der Waals surface area contributed by atoms with Gasteiger partial charge in [-0.2, -0.15) is 0 Å². The molecule has 1 saturated heterocycles. The number of aromatic amines is 1. The number of pyridine rings is 1. The number of carboxylic acid groups (broad SMARTS) is 1. The number of rotatable bonds is 5. The molecular formula is C28H31N3O4. The van der Waals surface area contributed by atoms with Crippen molar-refractivity contribution in [2.45, 2.75) is 45.1 Å². The molecule has 2 N–H and O–H groups in total. The van der Waals surface area contributed by atoms with Crippen LogP contribution in [0, 0.1) is 0 Å². The molecule has 0 atom stereocenters. The molecule has 2 aromatic heterocycles. The molecule has 1 amide bonds. The van der Waals surface area contributed by atoms with Crippen molar-refractivity contribution >= 4 is 24.2 Å². The van der Waals surface area contributed by atoms with Crippen molar-refractivity contribution < 1.29 is 19.4 Å². The standard InChI is InChI=1S/C28H31N3O4/c1-28(2,3)35-27(34)31-15-12-20(13-16-31)25-23(26(32)33)18-24(30-25)21-11-14-29-22(17-21)10-9-19-7-5-4-6-8-19/h4-11,14,17-18,20,30H,12-13,15-16H2,1-3H3,(H,32,33)/b10-9+. The van der Waals surface area contributed by atoms with Crippen LogP contribution >= 0.6 is 0 Å². The van der Waals surface area contributed by atoms with Crippen LogP contribution in [-0.2, 0) is 4.74 Å². The number of benzene rings is 1. The lowest BCUT2D eigenvalue weighted by molar-refractivity contribution is 0.0203. The Morgan fingerprint density at radius 2 is 1.80 bits per heavy atom. The van der Waals surface area contributed by atoms with E-state index >= 15 is 0 Å². The molecule has 7 nitrogen and oxygen atoms in total. The highest BCUT2D eigenvalue weighted by Crippen LogP contribution is 2.33. The maximum absolute atomic E-state index is 12.4. The number of carbonyl (C=O) groups is 2. The topological polar surface area (TPSA) is 95.5 Å². The molecule has 0 bridgehead atoms. The number of nitrogens with one attached hydrogen (secondary N) is 1. The van der Waals surface area contributed by atoms with E-state index in [1.165, 1.54) is 0 Å². The van der Waals surface area contributed by atoms with E-state index in [1.807, 2.05) is 75.4 Å². The van der Waals surface area contributed by atoms with Crippen molar-refractivity contribution in [3.8, 4) is 11.3 Å². The molecular weight excluding hydrogens is 442 g/mol. The van der Waals surface area contributed by atoms with E-state index < -0.39 is 11.6 Å². The fourth-order valence-corrected chi connectivity index (χ4v) is 4.25. The third-order valence-electron chi connectivity index (χ3n) is 5.97. The normalized spacial score (nSPS) is 14.9. The van der Waals surface area contributed by atoms with Crippen molar-refractivity contribution in [3.63, 3.8) is 0 Å². The zero-order valence-corrected chi connectivity index (χ0v) is 20.3. The minimum atomic E-state index is -0.963. The summed E-state index contributed by atoms with van der Waals surface area (Å²) in [6.45, 7) is 6.59. The van der Waals surface area contributed by atoms with E-state index in [-0.39, 0.29) is 17.6 Å². The van der Waals surface area contributed by atoms with Crippen molar-refractivity contribution in [2.75, 3.05) is 13.1 Å². The number of piperidine rings is 1. The molecule has 0 unspecified atom stereocenters. The monoisotopic (exact) mass is 473 g/mol. The van der Waals surface area contributed by atoms with E-state index in [0.29, 0.717) is 31.6 Å². The zero-order valence-electron chi connectivity index (χ0n) is 20.3. The van der Waals surface area contributed by atoms with Gasteiger partial charge in [0.1, 0.15) is 5.60 Å². The number of hydrogen-bond donors (Lipinski definition) is 2. The number of ether oxygens (including phenoxy) is 1. The fourth-order valence-electron chi connectivity index (χ4n) is 4.25. The number of aromatic nitrogens is 2. The summed E-state index contributed by atoms with van der Waals surface area (Å²) in [6, 6.07) is 15.5. The second-order valence-electron chi connectivity index (χ2n) is 9.77. The van der Waals surface area contributed by atoms with Gasteiger partial charge in [0, 0.05) is 42.2 Å². The van der Waals surface area contributed by atoms with Gasteiger partial charge in [-0.1, -0.05) is 36.4 Å². The van der Waals surface area contributed by atoms with Gasteiger partial charge in [0.15, 0.2) is 0 Å². The highest BCUT2D eigenvalue weighted by atomic mass is 16.6. The van der Waals surface area contributed by atoms with Crippen molar-refractivity contribution in [3.05, 3.63) is 77.2 Å². The Bertz CT molecular complexity index is 1220. The lowest BCUT2D eigenvalue weighted by Gasteiger charge is -2.33. The van der Waals surface area contributed by atoms with Crippen LogP contribution in [0.15, 0.2) is 54.7 Å². The Balaban J connectivity index is 1.51. The third kappa shape index (κ3) is 6.18. The first-order chi connectivity index (χ1) is 16.7. The van der Waals surface area contributed by atoms with Crippen LogP contribution in [0.4, 0.5) is 4.79 Å². The molecule has 182 valence electrons. The molecule has 1 aliphatic heterocycles. The molecule has 4 rings (SSSR count). The molecule has 7 heteroatoms. The van der Waals surface area contributed by atoms with Crippen molar-refractivity contribution in [1.82, 2.24) is 14.9 Å². The maximum atomic E-state index is 12.4. The first kappa shape index (κ1) is 24.3. The number of carboxylic acids is 1. The van der Waals surface area contributed by atoms with Crippen LogP contribution in [0.25, 0.3) is 23.4 Å². The van der Waals surface area contributed by atoms with Gasteiger partial charge in [-0.15, -0.1) is 0 Å². The summed E-state index contributed by atoms with van der Waals surface area (Å²) in [5.41, 5.74) is 3.90. The average Bonchev–Trinajstić information content (AvgIpc) is 3.29. The Morgan fingerprint density at radius 3 is 2.46 bits per heavy atom. The number of amides is 1. The SMILES string of the molecule is CC(C)(C)OC(=O)N1CCC(c2[nH]c(-c3ccnc(/C=C/c4ccccc4)c3)cc2C(=O)O)CC1. The Kier molecular flexibility index (Phi) is 7.05. The quantitative estimate of drug-likeness (QED) is 0.470. The molecule has 3 aromatic rings. The van der Waals surface area contributed by atoms with Gasteiger partial charge in [-0.3, -0.25) is 4.98 Å². The Hall–Kier alpha value is -3.87. The number of H-pyrrole nitrogens is 1. The number of hydrogen-bond acceptors (Lipinski definition) is 4. The molecule has 3 heterocycles. The van der Waals surface area contributed by atoms with E-state index in [9.17, 15) is 14.7 Å². The maximum Gasteiger partial charge on any atom is 0.410 e. The molecule has 0 saturated carbocycles. The molecule has 0 spiro atoms. The highest BCUT2D eigenvalue weighted by Gasteiger charge is 2.30. The van der Waals surface area contributed by atoms with Gasteiger partial charge >= 0.3 is 12.1 Å². The molecule has 1 aliphatic rings. The zero-order chi connectivity index (χ0) is 25.0. The van der Waals surface area contributed by atoms with E-state index in [2.05, 4.69) is 9.97 Å². The van der Waals surface area contributed by atoms with Gasteiger partial charge in [0.25, 0.3) is 0 Å². The first-order valence-corrected chi connectivity index (χ1v) is 11.8. The van der Waals surface area contributed by atoms with Crippen molar-refractivity contribution in [1.29, 1.82) is 0 Å². The predicted octanol–water partition coefficient (Wildman–Crippen LogP) is 6.06. The van der Waals surface area contributed by atoms with Crippen LogP contribution in [0.5, 0.6) is 0 Å². The van der Waals surface area contributed by atoms with Crippen LogP contribution in [-0.4, -0.2) is 50.7 Å². The fraction of sp³-hybridized carbons (Fsp3) is 0.321. The highest BCUT2D eigenvalue weighted by molar-refractivity contribution is 5.91. The second kappa shape index (κ2) is 10.2. The summed E-state index contributed by atoms with van der Waals surface area (Å²) >= 11 is 0. The summed E-state index contributed by atoms with van der Waals surface area (Å²) in [5, 5.41) is 9.86. The van der Waals surface area contributed by atoms with Gasteiger partial charge in [0.05, 0.1) is 11.3 Å². The van der Waals surface area contributed by atoms with Crippen LogP contribution < -0.4 is 0 Å². The first-order valence-electron chi connectivity index (χ1n) is 11.8. The number of likely N-dealkylation sites (tertiary alicyclic amines) is 1. The van der Waals surface area contributed by atoms with Crippen molar-refractivity contribution in [2.24, 2.45) is 0 Å². The number of aromatic carboxylic acids is 1. The largest absolute Gasteiger partial charge is 0.478 e. The second-order valence-corrected chi connectivity index (χ2v) is 9.77. The lowest BCUT2D eigenvalue weighted by atomic mass is 9.91. The summed E-state index contributed by atoms with van der Waals surface area (Å²) in [4.78, 5) is 33.9. The third-order valence-corrected chi connectivity index (χ3v) is 5.97. The Morgan fingerprint density at radius 1 is 1.09 bits per heavy atom. The minimum absolute atomic E-state index is 0.0211. The van der Waals surface area contributed by atoms with Crippen LogP contribution in [0.1, 0.15) is 66.8 Å². The molecule has 35 heavy (non-hydrogen) atoms. The van der Waals surface area contributed by atoms with Crippen LogP contribution in [0.2, 0.25) is 0 Å². The molecule has 0 radical (unpaired) electrons. The minimum Gasteiger partial charge on any atom is -0.478 e. The van der Waals surface area contributed by atoms with E-state index in [4.69, 9.17) is 4.74 Å². The Labute approximate surface area is 205 Å². The number of nitrogens with zero attached hydrogens (tertiary/aromatic N) is 2. The van der Waals surface area contributed by atoms with Gasteiger partial charge in [0.2, 0.25) is 0 Å². The smallest absolute Gasteiger partial charge is 0.410 e. The average molecular weight is 474 g/mol. The summed E-state index contributed by atoms with van der Waals surface area (Å²) in [7, 11) is 0. The summed E-state index contributed by atoms with van der Waals surface area (Å²) in [5.74, 6) is -0.942. The molecule has 1 fully saturated rings. The predicted molar refractivity (Wildman–Crippen MR) is 136 cm³/mol. The molecule has 0 aliphatic carbocycles. The summed E-state index contributed by atoms with van der Waals surface area (Å²) in [6.07, 6.45) is 6.66. The van der Waals surface area contributed by atoms with Gasteiger partial charge < -0.3 is 19.7 Å².